The van der Waals surface area contributed by atoms with Gasteiger partial charge in [0.25, 0.3) is 0 Å². The van der Waals surface area contributed by atoms with Gasteiger partial charge in [-0.05, 0) is 74.6 Å². The van der Waals surface area contributed by atoms with Crippen molar-refractivity contribution in [1.29, 1.82) is 0 Å². The summed E-state index contributed by atoms with van der Waals surface area (Å²) in [5, 5.41) is 0.849. The smallest absolute Gasteiger partial charge is 0.356 e. The Hall–Kier alpha value is -3.24. The molecule has 9 nitrogen and oxygen atoms in total. The standard InChI is InChI=1S/C25H29N3O6S/c1-17(2)34-19-4-6-20(7-5-19)35(31,32)28-12-10-18(11-13-28)22-16-27(14-15-29)24-21(22)8-9-23(26-24)25(30)33-3/h4-9,15-18H,10-14H2,1-3H3. The molecule has 0 saturated carbocycles. The molecule has 1 aliphatic heterocycles. The first-order valence-electron chi connectivity index (χ1n) is 11.5. The Bertz CT molecular complexity index is 1320. The predicted molar refractivity (Wildman–Crippen MR) is 130 cm³/mol. The highest BCUT2D eigenvalue weighted by Crippen LogP contribution is 2.35. The Balaban J connectivity index is 1.53. The van der Waals surface area contributed by atoms with Crippen LogP contribution in [-0.4, -0.2) is 60.8 Å². The van der Waals surface area contributed by atoms with Crippen LogP contribution in [0.4, 0.5) is 0 Å². The molecule has 3 aromatic rings. The third-order valence-corrected chi connectivity index (χ3v) is 8.06. The summed E-state index contributed by atoms with van der Waals surface area (Å²) >= 11 is 0. The molecule has 0 spiro atoms. The largest absolute Gasteiger partial charge is 0.491 e. The molecule has 0 aliphatic carbocycles. The second-order valence-electron chi connectivity index (χ2n) is 8.78. The second-order valence-corrected chi connectivity index (χ2v) is 10.7. The minimum atomic E-state index is -3.61. The first-order chi connectivity index (χ1) is 16.7. The van der Waals surface area contributed by atoms with Crippen LogP contribution < -0.4 is 4.74 Å². The van der Waals surface area contributed by atoms with Gasteiger partial charge in [0.05, 0.1) is 24.7 Å². The van der Waals surface area contributed by atoms with E-state index in [1.807, 2.05) is 26.1 Å². The highest BCUT2D eigenvalue weighted by molar-refractivity contribution is 7.89. The van der Waals surface area contributed by atoms with E-state index in [0.29, 0.717) is 37.3 Å². The van der Waals surface area contributed by atoms with E-state index in [4.69, 9.17) is 9.47 Å². The van der Waals surface area contributed by atoms with Gasteiger partial charge < -0.3 is 18.8 Å². The lowest BCUT2D eigenvalue weighted by Gasteiger charge is -2.31. The van der Waals surface area contributed by atoms with Crippen molar-refractivity contribution < 1.29 is 27.5 Å². The molecule has 2 aromatic heterocycles. The molecule has 0 N–H and O–H groups in total. The molecule has 4 rings (SSSR count). The van der Waals surface area contributed by atoms with E-state index >= 15 is 0 Å². The molecule has 10 heteroatoms. The van der Waals surface area contributed by atoms with Gasteiger partial charge >= 0.3 is 5.97 Å². The SMILES string of the molecule is COC(=O)c1ccc2c(C3CCN(S(=O)(=O)c4ccc(OC(C)C)cc4)CC3)cn(CC=O)c2n1. The summed E-state index contributed by atoms with van der Waals surface area (Å²) in [5.41, 5.74) is 1.70. The van der Waals surface area contributed by atoms with E-state index in [2.05, 4.69) is 4.98 Å². The van der Waals surface area contributed by atoms with Gasteiger partial charge in [0.1, 0.15) is 17.7 Å². The minimum Gasteiger partial charge on any atom is -0.491 e. The lowest BCUT2D eigenvalue weighted by Crippen LogP contribution is -2.37. The van der Waals surface area contributed by atoms with E-state index in [1.54, 1.807) is 34.9 Å². The topological polar surface area (TPSA) is 108 Å². The van der Waals surface area contributed by atoms with Crippen molar-refractivity contribution >= 4 is 33.3 Å². The van der Waals surface area contributed by atoms with Crippen molar-refractivity contribution in [2.45, 2.75) is 50.2 Å². The summed E-state index contributed by atoms with van der Waals surface area (Å²) < 4.78 is 40.0. The third kappa shape index (κ3) is 5.08. The van der Waals surface area contributed by atoms with Gasteiger partial charge in [-0.25, -0.2) is 18.2 Å². The van der Waals surface area contributed by atoms with Gasteiger partial charge in [-0.2, -0.15) is 4.31 Å². The number of esters is 1. The number of aromatic nitrogens is 2. The molecule has 1 aliphatic rings. The van der Waals surface area contributed by atoms with Gasteiger partial charge in [0.15, 0.2) is 5.69 Å². The Morgan fingerprint density at radius 2 is 1.83 bits per heavy atom. The number of aldehydes is 1. The zero-order chi connectivity index (χ0) is 25.2. The molecule has 186 valence electrons. The number of rotatable bonds is 8. The number of sulfonamides is 1. The van der Waals surface area contributed by atoms with Crippen LogP contribution in [0.5, 0.6) is 5.75 Å². The number of carbonyl (C=O) groups excluding carboxylic acids is 2. The van der Waals surface area contributed by atoms with Crippen molar-refractivity contribution in [2.75, 3.05) is 20.2 Å². The van der Waals surface area contributed by atoms with E-state index in [0.717, 1.165) is 17.2 Å². The highest BCUT2D eigenvalue weighted by Gasteiger charge is 2.31. The van der Waals surface area contributed by atoms with E-state index in [9.17, 15) is 18.0 Å². The molecule has 35 heavy (non-hydrogen) atoms. The fourth-order valence-corrected chi connectivity index (χ4v) is 5.94. The van der Waals surface area contributed by atoms with Crippen LogP contribution >= 0.6 is 0 Å². The Morgan fingerprint density at radius 3 is 2.43 bits per heavy atom. The lowest BCUT2D eigenvalue weighted by molar-refractivity contribution is -0.108. The van der Waals surface area contributed by atoms with Crippen LogP contribution in [0.3, 0.4) is 0 Å². The van der Waals surface area contributed by atoms with Gasteiger partial charge in [-0.15, -0.1) is 0 Å². The van der Waals surface area contributed by atoms with Crippen LogP contribution in [0.25, 0.3) is 11.0 Å². The number of hydrogen-bond donors (Lipinski definition) is 0. The van der Waals surface area contributed by atoms with E-state index in [1.165, 1.54) is 11.4 Å². The first kappa shape index (κ1) is 24.9. The molecule has 0 atom stereocenters. The molecule has 0 unspecified atom stereocenters. The number of piperidine rings is 1. The van der Waals surface area contributed by atoms with Crippen LogP contribution in [0.1, 0.15) is 48.7 Å². The number of fused-ring (bicyclic) bond motifs is 1. The number of ether oxygens (including phenoxy) is 2. The number of hydrogen-bond acceptors (Lipinski definition) is 7. The number of methoxy groups -OCH3 is 1. The maximum absolute atomic E-state index is 13.2. The van der Waals surface area contributed by atoms with Crippen molar-refractivity contribution in [3.05, 3.63) is 53.9 Å². The van der Waals surface area contributed by atoms with Crippen LogP contribution in [-0.2, 0) is 26.1 Å². The minimum absolute atomic E-state index is 0.0104. The quantitative estimate of drug-likeness (QED) is 0.345. The van der Waals surface area contributed by atoms with E-state index < -0.39 is 16.0 Å². The maximum Gasteiger partial charge on any atom is 0.356 e. The Labute approximate surface area is 204 Å². The molecule has 1 aromatic carbocycles. The fraction of sp³-hybridized carbons (Fsp3) is 0.400. The number of pyridine rings is 1. The van der Waals surface area contributed by atoms with Gasteiger partial charge in [-0.1, -0.05) is 0 Å². The van der Waals surface area contributed by atoms with Crippen molar-refractivity contribution in [2.24, 2.45) is 0 Å². The number of carbonyl (C=O) groups is 2. The summed E-state index contributed by atoms with van der Waals surface area (Å²) in [6.45, 7) is 4.70. The Morgan fingerprint density at radius 1 is 1.14 bits per heavy atom. The van der Waals surface area contributed by atoms with Crippen LogP contribution in [0.15, 0.2) is 47.5 Å². The average molecular weight is 500 g/mol. The monoisotopic (exact) mass is 499 g/mol. The zero-order valence-electron chi connectivity index (χ0n) is 20.0. The lowest BCUT2D eigenvalue weighted by atomic mass is 9.90. The number of nitrogens with zero attached hydrogens (tertiary/aromatic N) is 3. The molecular weight excluding hydrogens is 470 g/mol. The van der Waals surface area contributed by atoms with Crippen molar-refractivity contribution in [3.8, 4) is 5.75 Å². The maximum atomic E-state index is 13.2. The van der Waals surface area contributed by atoms with E-state index in [-0.39, 0.29) is 29.2 Å². The van der Waals surface area contributed by atoms with Gasteiger partial charge in [0, 0.05) is 24.7 Å². The molecular formula is C25H29N3O6S. The molecule has 0 radical (unpaired) electrons. The normalized spacial score (nSPS) is 15.4. The van der Waals surface area contributed by atoms with Crippen LogP contribution in [0, 0.1) is 0 Å². The predicted octanol–water partition coefficient (Wildman–Crippen LogP) is 3.38. The third-order valence-electron chi connectivity index (χ3n) is 6.15. The molecule has 1 fully saturated rings. The Kier molecular flexibility index (Phi) is 7.23. The first-order valence-corrected chi connectivity index (χ1v) is 13.0. The zero-order valence-corrected chi connectivity index (χ0v) is 20.8. The molecule has 1 saturated heterocycles. The molecule has 3 heterocycles. The summed E-state index contributed by atoms with van der Waals surface area (Å²) in [7, 11) is -2.32. The van der Waals surface area contributed by atoms with Gasteiger partial charge in [-0.3, -0.25) is 0 Å². The average Bonchev–Trinajstić information content (AvgIpc) is 3.21. The molecule has 0 amide bonds. The summed E-state index contributed by atoms with van der Waals surface area (Å²) in [6, 6.07) is 9.94. The van der Waals surface area contributed by atoms with Crippen molar-refractivity contribution in [3.63, 3.8) is 0 Å². The molecule has 0 bridgehead atoms. The van der Waals surface area contributed by atoms with Crippen molar-refractivity contribution in [1.82, 2.24) is 13.9 Å². The van der Waals surface area contributed by atoms with Crippen LogP contribution in [0.2, 0.25) is 0 Å². The number of benzene rings is 1. The fourth-order valence-electron chi connectivity index (χ4n) is 4.47. The van der Waals surface area contributed by atoms with Gasteiger partial charge in [0.2, 0.25) is 10.0 Å². The summed E-state index contributed by atoms with van der Waals surface area (Å²) in [4.78, 5) is 27.8. The second kappa shape index (κ2) is 10.2. The highest BCUT2D eigenvalue weighted by atomic mass is 32.2. The summed E-state index contributed by atoms with van der Waals surface area (Å²) in [6.07, 6.45) is 3.94. The summed E-state index contributed by atoms with van der Waals surface area (Å²) in [5.74, 6) is 0.187.